The van der Waals surface area contributed by atoms with Crippen LogP contribution in [-0.4, -0.2) is 132 Å². The van der Waals surface area contributed by atoms with Crippen molar-refractivity contribution in [3.63, 3.8) is 0 Å². The highest BCUT2D eigenvalue weighted by Gasteiger charge is 2.78. The van der Waals surface area contributed by atoms with Gasteiger partial charge in [-0.05, 0) is 32.1 Å². The number of hydrogen-bond donors (Lipinski definition) is 1. The number of likely N-dealkylation sites (tertiary alicyclic amines) is 1. The number of aliphatic hydroxyl groups excluding tert-OH is 1. The first-order chi connectivity index (χ1) is 19.8. The third-order valence-corrected chi connectivity index (χ3v) is 9.72. The Labute approximate surface area is 245 Å². The van der Waals surface area contributed by atoms with E-state index in [1.807, 2.05) is 11.8 Å². The molecule has 3 amide bonds. The predicted molar refractivity (Wildman–Crippen MR) is 156 cm³/mol. The second-order valence-electron chi connectivity index (χ2n) is 12.0. The van der Waals surface area contributed by atoms with Gasteiger partial charge in [0, 0.05) is 59.5 Å². The summed E-state index contributed by atoms with van der Waals surface area (Å²) in [5.74, 6) is -1.69. The Morgan fingerprint density at radius 2 is 1.76 bits per heavy atom. The van der Waals surface area contributed by atoms with E-state index < -0.39 is 29.1 Å². The highest BCUT2D eigenvalue weighted by molar-refractivity contribution is 5.99. The van der Waals surface area contributed by atoms with Crippen molar-refractivity contribution in [1.29, 1.82) is 0 Å². The third-order valence-electron chi connectivity index (χ3n) is 9.72. The highest BCUT2D eigenvalue weighted by atomic mass is 16.5. The quantitative estimate of drug-likeness (QED) is 0.221. The third kappa shape index (κ3) is 5.98. The molecule has 0 aliphatic carbocycles. The molecule has 0 radical (unpaired) electrons. The van der Waals surface area contributed by atoms with Gasteiger partial charge in [-0.15, -0.1) is 13.2 Å². The zero-order chi connectivity index (χ0) is 29.6. The second-order valence-corrected chi connectivity index (χ2v) is 12.0. The van der Waals surface area contributed by atoms with Gasteiger partial charge in [0.15, 0.2) is 0 Å². The summed E-state index contributed by atoms with van der Waals surface area (Å²) in [6, 6.07) is -0.779. The van der Waals surface area contributed by atoms with E-state index >= 15 is 0 Å². The molecule has 0 saturated carbocycles. The molecule has 10 heteroatoms. The Morgan fingerprint density at radius 1 is 1.05 bits per heavy atom. The minimum Gasteiger partial charge on any atom is -0.396 e. The molecule has 0 aromatic carbocycles. The number of rotatable bonds is 16. The van der Waals surface area contributed by atoms with E-state index in [2.05, 4.69) is 18.1 Å². The van der Waals surface area contributed by atoms with E-state index in [9.17, 15) is 19.5 Å². The van der Waals surface area contributed by atoms with Crippen LogP contribution in [0.15, 0.2) is 25.3 Å². The zero-order valence-corrected chi connectivity index (χ0v) is 25.1. The number of carbonyl (C=O) groups is 3. The molecule has 10 nitrogen and oxygen atoms in total. The minimum absolute atomic E-state index is 0.113. The molecule has 4 heterocycles. The first kappa shape index (κ1) is 31.7. The van der Waals surface area contributed by atoms with Gasteiger partial charge in [0.1, 0.15) is 11.6 Å². The maximum absolute atomic E-state index is 14.5. The summed E-state index contributed by atoms with van der Waals surface area (Å²) >= 11 is 0. The van der Waals surface area contributed by atoms with E-state index in [-0.39, 0.29) is 24.3 Å². The van der Waals surface area contributed by atoms with Crippen LogP contribution in [0, 0.1) is 11.8 Å². The summed E-state index contributed by atoms with van der Waals surface area (Å²) in [6.07, 6.45) is 8.39. The Morgan fingerprint density at radius 3 is 2.41 bits per heavy atom. The van der Waals surface area contributed by atoms with Crippen LogP contribution in [-0.2, 0) is 23.9 Å². The maximum atomic E-state index is 14.5. The summed E-state index contributed by atoms with van der Waals surface area (Å²) in [6.45, 7) is 15.3. The van der Waals surface area contributed by atoms with Crippen molar-refractivity contribution in [3.05, 3.63) is 25.3 Å². The molecule has 2 unspecified atom stereocenters. The van der Waals surface area contributed by atoms with Crippen molar-refractivity contribution in [1.82, 2.24) is 19.6 Å². The second kappa shape index (κ2) is 13.8. The lowest BCUT2D eigenvalue weighted by Gasteiger charge is -2.37. The maximum Gasteiger partial charge on any atom is 0.248 e. The summed E-state index contributed by atoms with van der Waals surface area (Å²) in [5, 5.41) is 9.19. The van der Waals surface area contributed by atoms with Gasteiger partial charge in [0.25, 0.3) is 0 Å². The Kier molecular flexibility index (Phi) is 10.7. The van der Waals surface area contributed by atoms with Crippen molar-refractivity contribution in [2.45, 2.75) is 69.1 Å². The molecule has 230 valence electrons. The summed E-state index contributed by atoms with van der Waals surface area (Å²) < 4.78 is 12.4. The van der Waals surface area contributed by atoms with Crippen molar-refractivity contribution < 1.29 is 29.0 Å². The van der Waals surface area contributed by atoms with Crippen LogP contribution in [0.5, 0.6) is 0 Å². The van der Waals surface area contributed by atoms with Crippen LogP contribution in [0.4, 0.5) is 0 Å². The molecule has 41 heavy (non-hydrogen) atoms. The van der Waals surface area contributed by atoms with Gasteiger partial charge in [-0.25, -0.2) is 0 Å². The van der Waals surface area contributed by atoms with Gasteiger partial charge in [-0.3, -0.25) is 19.3 Å². The van der Waals surface area contributed by atoms with Crippen LogP contribution >= 0.6 is 0 Å². The number of hydrogen-bond acceptors (Lipinski definition) is 7. The molecule has 2 bridgehead atoms. The van der Waals surface area contributed by atoms with Crippen LogP contribution in [0.25, 0.3) is 0 Å². The first-order valence-electron chi connectivity index (χ1n) is 15.5. The standard InChI is InChI=1S/C31H50N4O6/c1-5-14-32(4)27(37)24-25-28(38)35(16-10-8-9-11-21-36)26(31(25)13-12-30(24,7-3)41-31)29(39)34(15-6-2)18-17-33-19-22-40-23-20-33/h5-6,24-26,36H,1-2,7-23H2,3-4H3/t24-,25+,26?,30+,31?/m1/s1. The van der Waals surface area contributed by atoms with Gasteiger partial charge in [-0.1, -0.05) is 31.9 Å². The molecule has 0 aromatic rings. The van der Waals surface area contributed by atoms with Gasteiger partial charge < -0.3 is 29.3 Å². The average Bonchev–Trinajstić information content (AvgIpc) is 3.58. The first-order valence-corrected chi connectivity index (χ1v) is 15.5. The van der Waals surface area contributed by atoms with E-state index in [4.69, 9.17) is 9.47 Å². The average molecular weight is 575 g/mol. The number of aliphatic hydroxyl groups is 1. The molecule has 4 rings (SSSR count). The lowest BCUT2D eigenvalue weighted by molar-refractivity contribution is -0.154. The van der Waals surface area contributed by atoms with E-state index in [1.165, 1.54) is 0 Å². The number of fused-ring (bicyclic) bond motifs is 1. The highest BCUT2D eigenvalue weighted by Crippen LogP contribution is 2.64. The Balaban J connectivity index is 1.66. The van der Waals surface area contributed by atoms with E-state index in [0.29, 0.717) is 71.6 Å². The number of carbonyl (C=O) groups excluding carboxylic acids is 3. The molecule has 4 saturated heterocycles. The summed E-state index contributed by atoms with van der Waals surface area (Å²) in [7, 11) is 1.74. The fourth-order valence-electron chi connectivity index (χ4n) is 7.59. The minimum atomic E-state index is -1.02. The van der Waals surface area contributed by atoms with Crippen molar-refractivity contribution in [2.75, 3.05) is 72.7 Å². The van der Waals surface area contributed by atoms with Gasteiger partial charge in [0.2, 0.25) is 17.7 Å². The zero-order valence-electron chi connectivity index (χ0n) is 25.1. The summed E-state index contributed by atoms with van der Waals surface area (Å²) in [4.78, 5) is 50.2. The number of amides is 3. The molecule has 4 fully saturated rings. The van der Waals surface area contributed by atoms with E-state index in [0.717, 1.165) is 32.4 Å². The Hall–Kier alpha value is -2.27. The molecule has 1 spiro atoms. The fourth-order valence-corrected chi connectivity index (χ4v) is 7.59. The van der Waals surface area contributed by atoms with Crippen molar-refractivity contribution >= 4 is 17.7 Å². The molecular weight excluding hydrogens is 524 g/mol. The van der Waals surface area contributed by atoms with Crippen molar-refractivity contribution in [2.24, 2.45) is 11.8 Å². The normalized spacial score (nSPS) is 30.9. The SMILES string of the molecule is C=CCN(C)C(=O)[C@H]1[C@H]2C(=O)N(CCCCCCO)C(C(=O)N(CC=C)CCN3CCOCC3)C23CC[C@]1(CC)O3. The fraction of sp³-hybridized carbons (Fsp3) is 0.774. The largest absolute Gasteiger partial charge is 0.396 e. The number of nitrogens with zero attached hydrogens (tertiary/aromatic N) is 4. The molecule has 1 N–H and O–H groups in total. The van der Waals surface area contributed by atoms with Gasteiger partial charge >= 0.3 is 0 Å². The van der Waals surface area contributed by atoms with Gasteiger partial charge in [-0.2, -0.15) is 0 Å². The van der Waals surface area contributed by atoms with Crippen molar-refractivity contribution in [3.8, 4) is 0 Å². The lowest BCUT2D eigenvalue weighted by atomic mass is 9.64. The lowest BCUT2D eigenvalue weighted by Crippen LogP contribution is -2.57. The van der Waals surface area contributed by atoms with Crippen LogP contribution < -0.4 is 0 Å². The summed E-state index contributed by atoms with van der Waals surface area (Å²) in [5.41, 5.74) is -1.78. The number of unbranched alkanes of at least 4 members (excludes halogenated alkanes) is 3. The number of morpholine rings is 1. The van der Waals surface area contributed by atoms with Gasteiger partial charge in [0.05, 0.1) is 30.7 Å². The molecule has 0 aromatic heterocycles. The number of likely N-dealkylation sites (N-methyl/N-ethyl adjacent to an activating group) is 1. The smallest absolute Gasteiger partial charge is 0.248 e. The number of ether oxygens (including phenoxy) is 2. The topological polar surface area (TPSA) is 103 Å². The predicted octanol–water partition coefficient (Wildman–Crippen LogP) is 1.69. The van der Waals surface area contributed by atoms with E-state index in [1.54, 1.807) is 29.0 Å². The van der Waals surface area contributed by atoms with Crippen LogP contribution in [0.2, 0.25) is 0 Å². The molecular formula is C31H50N4O6. The van der Waals surface area contributed by atoms with Crippen LogP contribution in [0.3, 0.4) is 0 Å². The van der Waals surface area contributed by atoms with Crippen LogP contribution in [0.1, 0.15) is 51.9 Å². The Bertz CT molecular complexity index is 970. The monoisotopic (exact) mass is 574 g/mol. The molecule has 4 aliphatic rings. The molecule has 5 atom stereocenters. The molecule has 4 aliphatic heterocycles.